The van der Waals surface area contributed by atoms with E-state index in [-0.39, 0.29) is 21.5 Å². The predicted octanol–water partition coefficient (Wildman–Crippen LogP) is 1.53. The van der Waals surface area contributed by atoms with Crippen LogP contribution in [0.4, 0.5) is 13.2 Å². The third-order valence-corrected chi connectivity index (χ3v) is 2.55. The van der Waals surface area contributed by atoms with Gasteiger partial charge in [0.15, 0.2) is 0 Å². The normalized spacial score (nSPS) is 12.4. The number of halogens is 3. The first kappa shape index (κ1) is 10.8. The van der Waals surface area contributed by atoms with Crippen LogP contribution in [0.15, 0.2) is 30.5 Å². The zero-order valence-electron chi connectivity index (χ0n) is 8.72. The van der Waals surface area contributed by atoms with Crippen molar-refractivity contribution >= 4 is 16.7 Å². The molecule has 0 N–H and O–H groups in total. The van der Waals surface area contributed by atoms with Crippen molar-refractivity contribution < 1.29 is 18.0 Å². The Labute approximate surface area is 97.6 Å². The van der Waals surface area contributed by atoms with Gasteiger partial charge in [0.1, 0.15) is 5.52 Å². The summed E-state index contributed by atoms with van der Waals surface area (Å²) in [5.74, 6) is 0. The quantitative estimate of drug-likeness (QED) is 0.451. The summed E-state index contributed by atoms with van der Waals surface area (Å²) in [6, 6.07) is 4.36. The van der Waals surface area contributed by atoms with Crippen molar-refractivity contribution in [2.75, 3.05) is 0 Å². The zero-order valence-corrected chi connectivity index (χ0v) is 8.72. The maximum absolute atomic E-state index is 12.5. The zero-order chi connectivity index (χ0) is 12.9. The topological polar surface area (TPSA) is 57.1 Å². The molecule has 0 fully saturated rings. The van der Waals surface area contributed by atoms with E-state index in [0.29, 0.717) is 0 Å². The standard InChI is InChI=1S/C10H5F3N4O/c11-10(12,13)6-1-2-7-8(5-6)17(18)15-9-3-4-14-16(7)9/h1-5H. The number of benzene rings is 1. The fourth-order valence-electron chi connectivity index (χ4n) is 1.74. The Morgan fingerprint density at radius 1 is 1.22 bits per heavy atom. The van der Waals surface area contributed by atoms with Crippen molar-refractivity contribution in [3.63, 3.8) is 0 Å². The molecule has 0 aliphatic heterocycles. The second-order valence-corrected chi connectivity index (χ2v) is 3.68. The van der Waals surface area contributed by atoms with Crippen LogP contribution in [0, 0.1) is 5.21 Å². The van der Waals surface area contributed by atoms with Crippen LogP contribution in [0.25, 0.3) is 16.7 Å². The third kappa shape index (κ3) is 1.45. The van der Waals surface area contributed by atoms with Crippen LogP contribution >= 0.6 is 0 Å². The van der Waals surface area contributed by atoms with Gasteiger partial charge in [-0.25, -0.2) is 4.52 Å². The predicted molar refractivity (Wildman–Crippen MR) is 54.5 cm³/mol. The summed E-state index contributed by atoms with van der Waals surface area (Å²) in [5, 5.41) is 19.0. The maximum Gasteiger partial charge on any atom is 0.416 e. The molecule has 0 amide bonds. The van der Waals surface area contributed by atoms with Gasteiger partial charge in [-0.2, -0.15) is 18.3 Å². The lowest BCUT2D eigenvalue weighted by atomic mass is 10.2. The molecular weight excluding hydrogens is 249 g/mol. The van der Waals surface area contributed by atoms with Crippen LogP contribution in [0.5, 0.6) is 0 Å². The van der Waals surface area contributed by atoms with Gasteiger partial charge in [0.25, 0.3) is 5.52 Å². The SMILES string of the molecule is [O-][n+]1nc2ccnn2c2ccc(C(F)(F)F)cc21. The van der Waals surface area contributed by atoms with E-state index in [0.717, 1.165) is 12.1 Å². The molecular formula is C10H5F3N4O. The number of hydrogen-bond donors (Lipinski definition) is 0. The van der Waals surface area contributed by atoms with Gasteiger partial charge >= 0.3 is 6.18 Å². The lowest BCUT2D eigenvalue weighted by molar-refractivity contribution is -0.640. The molecule has 0 spiro atoms. The van der Waals surface area contributed by atoms with Gasteiger partial charge in [0, 0.05) is 17.2 Å². The molecule has 3 aromatic rings. The van der Waals surface area contributed by atoms with Crippen LogP contribution in [0.1, 0.15) is 5.56 Å². The van der Waals surface area contributed by atoms with Crippen molar-refractivity contribution in [2.24, 2.45) is 0 Å². The smallest absolute Gasteiger partial charge is 0.416 e. The van der Waals surface area contributed by atoms with E-state index in [4.69, 9.17) is 0 Å². The Kier molecular flexibility index (Phi) is 1.98. The van der Waals surface area contributed by atoms with Gasteiger partial charge in [0.2, 0.25) is 5.65 Å². The molecule has 2 heterocycles. The van der Waals surface area contributed by atoms with Crippen LogP contribution in [0.3, 0.4) is 0 Å². The molecule has 0 saturated heterocycles. The van der Waals surface area contributed by atoms with E-state index in [9.17, 15) is 18.4 Å². The molecule has 18 heavy (non-hydrogen) atoms. The van der Waals surface area contributed by atoms with E-state index in [1.807, 2.05) is 0 Å². The molecule has 0 bridgehead atoms. The second-order valence-electron chi connectivity index (χ2n) is 3.68. The van der Waals surface area contributed by atoms with E-state index >= 15 is 0 Å². The monoisotopic (exact) mass is 254 g/mol. The minimum absolute atomic E-state index is 0.168. The highest BCUT2D eigenvalue weighted by molar-refractivity contribution is 5.74. The first-order valence-corrected chi connectivity index (χ1v) is 4.91. The van der Waals surface area contributed by atoms with Gasteiger partial charge in [-0.1, -0.05) is 0 Å². The van der Waals surface area contributed by atoms with Gasteiger partial charge in [-0.15, -0.1) is 0 Å². The van der Waals surface area contributed by atoms with Crippen molar-refractivity contribution in [3.05, 3.63) is 41.2 Å². The van der Waals surface area contributed by atoms with Crippen molar-refractivity contribution in [1.82, 2.24) is 14.7 Å². The van der Waals surface area contributed by atoms with Gasteiger partial charge in [-0.3, -0.25) is 0 Å². The van der Waals surface area contributed by atoms with Gasteiger partial charge < -0.3 is 5.21 Å². The molecule has 3 rings (SSSR count). The molecule has 8 heteroatoms. The highest BCUT2D eigenvalue weighted by atomic mass is 19.4. The fraction of sp³-hybridized carbons (Fsp3) is 0.100. The molecule has 5 nitrogen and oxygen atoms in total. The number of alkyl halides is 3. The van der Waals surface area contributed by atoms with Gasteiger partial charge in [0.05, 0.1) is 11.8 Å². The molecule has 92 valence electrons. The van der Waals surface area contributed by atoms with E-state index < -0.39 is 11.7 Å². The Balaban J connectivity index is 2.41. The lowest BCUT2D eigenvalue weighted by Gasteiger charge is -2.07. The lowest BCUT2D eigenvalue weighted by Crippen LogP contribution is -2.33. The van der Waals surface area contributed by atoms with Crippen molar-refractivity contribution in [3.8, 4) is 0 Å². The first-order chi connectivity index (χ1) is 8.47. The fourth-order valence-corrected chi connectivity index (χ4v) is 1.74. The largest absolute Gasteiger partial charge is 0.594 e. The molecule has 2 aromatic heterocycles. The third-order valence-electron chi connectivity index (χ3n) is 2.55. The van der Waals surface area contributed by atoms with E-state index in [2.05, 4.69) is 10.2 Å². The molecule has 0 unspecified atom stereocenters. The Hall–Kier alpha value is -2.38. The highest BCUT2D eigenvalue weighted by Gasteiger charge is 2.32. The Morgan fingerprint density at radius 2 is 2.00 bits per heavy atom. The summed E-state index contributed by atoms with van der Waals surface area (Å²) >= 11 is 0. The number of fused-ring (bicyclic) bond motifs is 3. The summed E-state index contributed by atoms with van der Waals surface area (Å²) in [6.07, 6.45) is -3.08. The summed E-state index contributed by atoms with van der Waals surface area (Å²) in [4.78, 5) is 0.168. The second kappa shape index (κ2) is 3.31. The minimum atomic E-state index is -4.50. The van der Waals surface area contributed by atoms with Crippen LogP contribution in [0.2, 0.25) is 0 Å². The summed E-state index contributed by atoms with van der Waals surface area (Å²) in [7, 11) is 0. The molecule has 1 aromatic carbocycles. The van der Waals surface area contributed by atoms with E-state index in [1.165, 1.54) is 22.8 Å². The minimum Gasteiger partial charge on any atom is -0.594 e. The maximum atomic E-state index is 12.5. The van der Waals surface area contributed by atoms with Crippen molar-refractivity contribution in [1.29, 1.82) is 0 Å². The Bertz CT molecular complexity index is 750. The first-order valence-electron chi connectivity index (χ1n) is 4.91. The molecule has 0 aliphatic carbocycles. The summed E-state index contributed by atoms with van der Waals surface area (Å²) < 4.78 is 39.0. The highest BCUT2D eigenvalue weighted by Crippen LogP contribution is 2.30. The average Bonchev–Trinajstić information content (AvgIpc) is 2.75. The number of rotatable bonds is 0. The molecule has 0 aliphatic rings. The van der Waals surface area contributed by atoms with Crippen LogP contribution < -0.4 is 4.85 Å². The summed E-state index contributed by atoms with van der Waals surface area (Å²) in [5.41, 5.74) is -0.529. The molecule has 0 saturated carbocycles. The van der Waals surface area contributed by atoms with Crippen LogP contribution in [-0.4, -0.2) is 14.7 Å². The Morgan fingerprint density at radius 3 is 2.72 bits per heavy atom. The van der Waals surface area contributed by atoms with Crippen molar-refractivity contribution in [2.45, 2.75) is 6.18 Å². The van der Waals surface area contributed by atoms with Crippen LogP contribution in [-0.2, 0) is 6.18 Å². The number of hydrogen-bond acceptors (Lipinski definition) is 3. The molecule has 0 atom stereocenters. The average molecular weight is 254 g/mol. The molecule has 0 radical (unpaired) electrons. The van der Waals surface area contributed by atoms with Gasteiger partial charge in [-0.05, 0) is 17.0 Å². The number of aromatic nitrogens is 4. The number of nitrogens with zero attached hydrogens (tertiary/aromatic N) is 4. The summed E-state index contributed by atoms with van der Waals surface area (Å²) in [6.45, 7) is 0. The van der Waals surface area contributed by atoms with E-state index in [1.54, 1.807) is 0 Å².